The largest absolute Gasteiger partial charge is 0.464 e. The molecule has 0 saturated carbocycles. The minimum absolute atomic E-state index is 0.108. The highest BCUT2D eigenvalue weighted by Crippen LogP contribution is 2.14. The lowest BCUT2D eigenvalue weighted by Crippen LogP contribution is -2.28. The van der Waals surface area contributed by atoms with Gasteiger partial charge < -0.3 is 14.2 Å². The Morgan fingerprint density at radius 3 is 2.58 bits per heavy atom. The number of ether oxygens (including phenoxy) is 3. The maximum atomic E-state index is 11.9. The first-order valence-electron chi connectivity index (χ1n) is 8.00. The Morgan fingerprint density at radius 1 is 1.29 bits per heavy atom. The monoisotopic (exact) mass is 341 g/mol. The van der Waals surface area contributed by atoms with E-state index in [1.54, 1.807) is 20.8 Å². The molecule has 1 heterocycles. The van der Waals surface area contributed by atoms with Crippen molar-refractivity contribution in [1.29, 1.82) is 0 Å². The van der Waals surface area contributed by atoms with Gasteiger partial charge in [-0.1, -0.05) is 13.3 Å². The first kappa shape index (κ1) is 20.0. The molecule has 0 radical (unpaired) electrons. The van der Waals surface area contributed by atoms with Crippen LogP contribution in [0.15, 0.2) is 6.07 Å². The average molecular weight is 341 g/mol. The van der Waals surface area contributed by atoms with Crippen LogP contribution in [0.25, 0.3) is 0 Å². The summed E-state index contributed by atoms with van der Waals surface area (Å²) in [6.45, 7) is 8.87. The van der Waals surface area contributed by atoms with Crippen LogP contribution >= 0.6 is 0 Å². The molecule has 8 heteroatoms. The first-order chi connectivity index (χ1) is 11.3. The van der Waals surface area contributed by atoms with Gasteiger partial charge in [-0.05, 0) is 27.2 Å². The topological polar surface area (TPSA) is 91.7 Å². The quantitative estimate of drug-likeness (QED) is 0.577. The van der Waals surface area contributed by atoms with Gasteiger partial charge in [0.05, 0.1) is 20.3 Å². The molecule has 0 aliphatic carbocycles. The molecule has 0 aromatic carbocycles. The number of amides is 1. The van der Waals surface area contributed by atoms with Gasteiger partial charge in [0.1, 0.15) is 11.4 Å². The van der Waals surface area contributed by atoms with E-state index in [0.29, 0.717) is 25.6 Å². The maximum absolute atomic E-state index is 11.9. The summed E-state index contributed by atoms with van der Waals surface area (Å²) in [4.78, 5) is 23.6. The van der Waals surface area contributed by atoms with Crippen molar-refractivity contribution in [3.63, 3.8) is 0 Å². The zero-order chi connectivity index (χ0) is 18.2. The van der Waals surface area contributed by atoms with Crippen LogP contribution in [-0.4, -0.2) is 47.8 Å². The summed E-state index contributed by atoms with van der Waals surface area (Å²) >= 11 is 0. The zero-order valence-electron chi connectivity index (χ0n) is 15.0. The normalized spacial score (nSPS) is 11.2. The Bertz CT molecular complexity index is 548. The molecule has 1 aromatic heterocycles. The maximum Gasteiger partial charge on any atom is 0.413 e. The van der Waals surface area contributed by atoms with Crippen molar-refractivity contribution in [3.05, 3.63) is 11.8 Å². The number of nitrogens with zero attached hydrogens (tertiary/aromatic N) is 2. The summed E-state index contributed by atoms with van der Waals surface area (Å²) < 4.78 is 16.9. The van der Waals surface area contributed by atoms with E-state index in [1.807, 2.05) is 0 Å². The van der Waals surface area contributed by atoms with Crippen molar-refractivity contribution in [2.45, 2.75) is 52.7 Å². The predicted octanol–water partition coefficient (Wildman–Crippen LogP) is 2.83. The fourth-order valence-electron chi connectivity index (χ4n) is 1.80. The molecule has 0 bridgehead atoms. The fourth-order valence-corrected chi connectivity index (χ4v) is 1.80. The predicted molar refractivity (Wildman–Crippen MR) is 89.2 cm³/mol. The average Bonchev–Trinajstić information content (AvgIpc) is 2.87. The smallest absolute Gasteiger partial charge is 0.413 e. The molecular formula is C16H27N3O5. The van der Waals surface area contributed by atoms with Crippen molar-refractivity contribution in [2.24, 2.45) is 0 Å². The fraction of sp³-hybridized carbons (Fsp3) is 0.688. The van der Waals surface area contributed by atoms with Crippen molar-refractivity contribution in [1.82, 2.24) is 9.78 Å². The molecule has 24 heavy (non-hydrogen) atoms. The van der Waals surface area contributed by atoms with E-state index in [2.05, 4.69) is 22.1 Å². The van der Waals surface area contributed by atoms with Gasteiger partial charge >= 0.3 is 12.1 Å². The molecule has 0 spiro atoms. The third kappa shape index (κ3) is 6.99. The van der Waals surface area contributed by atoms with Gasteiger partial charge in [0, 0.05) is 12.7 Å². The Balaban J connectivity index is 2.77. The molecule has 1 N–H and O–H groups in total. The highest BCUT2D eigenvalue weighted by atomic mass is 16.6. The summed E-state index contributed by atoms with van der Waals surface area (Å²) in [5.41, 5.74) is -0.513. The van der Waals surface area contributed by atoms with E-state index < -0.39 is 17.7 Å². The molecule has 8 nitrogen and oxygen atoms in total. The highest BCUT2D eigenvalue weighted by molar-refractivity contribution is 5.90. The van der Waals surface area contributed by atoms with Crippen LogP contribution < -0.4 is 5.32 Å². The molecule has 0 unspecified atom stereocenters. The molecule has 1 amide bonds. The van der Waals surface area contributed by atoms with Crippen LogP contribution in [0.5, 0.6) is 0 Å². The summed E-state index contributed by atoms with van der Waals surface area (Å²) in [7, 11) is 1.27. The van der Waals surface area contributed by atoms with Gasteiger partial charge in [0.2, 0.25) is 0 Å². The molecule has 1 rings (SSSR count). The molecule has 0 aliphatic rings. The second kappa shape index (κ2) is 9.27. The number of anilines is 1. The van der Waals surface area contributed by atoms with Gasteiger partial charge in [-0.3, -0.25) is 5.32 Å². The third-order valence-corrected chi connectivity index (χ3v) is 2.89. The number of carbonyl (C=O) groups excluding carboxylic acids is 2. The SMILES string of the molecule is CCCCOCCn1nc(C(=O)OC)cc1NC(=O)OC(C)(C)C. The minimum Gasteiger partial charge on any atom is -0.464 e. The molecule has 0 aliphatic heterocycles. The number of carbonyl (C=O) groups is 2. The van der Waals surface area contributed by atoms with E-state index in [4.69, 9.17) is 9.47 Å². The number of aromatic nitrogens is 2. The molecule has 0 saturated heterocycles. The van der Waals surface area contributed by atoms with E-state index >= 15 is 0 Å². The minimum atomic E-state index is -0.622. The van der Waals surface area contributed by atoms with Gasteiger partial charge in [-0.15, -0.1) is 0 Å². The van der Waals surface area contributed by atoms with E-state index in [0.717, 1.165) is 12.8 Å². The van der Waals surface area contributed by atoms with Gasteiger partial charge in [0.25, 0.3) is 0 Å². The number of hydrogen-bond donors (Lipinski definition) is 1. The Hall–Kier alpha value is -2.09. The Kier molecular flexibility index (Phi) is 7.70. The van der Waals surface area contributed by atoms with Crippen LogP contribution in [0.3, 0.4) is 0 Å². The molecule has 136 valence electrons. The number of rotatable bonds is 8. The van der Waals surface area contributed by atoms with Gasteiger partial charge in [-0.25, -0.2) is 14.3 Å². The van der Waals surface area contributed by atoms with E-state index in [-0.39, 0.29) is 5.69 Å². The Morgan fingerprint density at radius 2 is 2.00 bits per heavy atom. The summed E-state index contributed by atoms with van der Waals surface area (Å²) in [5, 5.41) is 6.73. The second-order valence-electron chi connectivity index (χ2n) is 6.22. The van der Waals surface area contributed by atoms with Crippen molar-refractivity contribution >= 4 is 17.9 Å². The number of hydrogen-bond acceptors (Lipinski definition) is 6. The second-order valence-corrected chi connectivity index (χ2v) is 6.22. The lowest BCUT2D eigenvalue weighted by Gasteiger charge is -2.19. The van der Waals surface area contributed by atoms with E-state index in [1.165, 1.54) is 17.9 Å². The lowest BCUT2D eigenvalue weighted by molar-refractivity contribution is 0.0590. The number of esters is 1. The van der Waals surface area contributed by atoms with Gasteiger partial charge in [0.15, 0.2) is 5.69 Å². The highest BCUT2D eigenvalue weighted by Gasteiger charge is 2.20. The number of unbranched alkanes of at least 4 members (excludes halogenated alkanes) is 1. The molecule has 1 aromatic rings. The summed E-state index contributed by atoms with van der Waals surface area (Å²) in [6, 6.07) is 1.45. The number of methoxy groups -OCH3 is 1. The molecule has 0 atom stereocenters. The van der Waals surface area contributed by atoms with Gasteiger partial charge in [-0.2, -0.15) is 5.10 Å². The van der Waals surface area contributed by atoms with Crippen LogP contribution in [-0.2, 0) is 20.8 Å². The lowest BCUT2D eigenvalue weighted by atomic mass is 10.2. The molecular weight excluding hydrogens is 314 g/mol. The van der Waals surface area contributed by atoms with Crippen LogP contribution in [0.4, 0.5) is 10.6 Å². The summed E-state index contributed by atoms with van der Waals surface area (Å²) in [6.07, 6.45) is 1.42. The standard InChI is InChI=1S/C16H27N3O5/c1-6-7-9-23-10-8-19-13(11-12(18-19)14(20)22-5)17-15(21)24-16(2,3)4/h11H,6-10H2,1-5H3,(H,17,21). The van der Waals surface area contributed by atoms with Crippen molar-refractivity contribution in [3.8, 4) is 0 Å². The number of nitrogens with one attached hydrogen (secondary N) is 1. The van der Waals surface area contributed by atoms with Crippen LogP contribution in [0, 0.1) is 0 Å². The van der Waals surface area contributed by atoms with E-state index in [9.17, 15) is 9.59 Å². The Labute approximate surface area is 142 Å². The first-order valence-corrected chi connectivity index (χ1v) is 8.00. The van der Waals surface area contributed by atoms with Crippen LogP contribution in [0.2, 0.25) is 0 Å². The third-order valence-electron chi connectivity index (χ3n) is 2.89. The van der Waals surface area contributed by atoms with Crippen molar-refractivity contribution < 1.29 is 23.8 Å². The zero-order valence-corrected chi connectivity index (χ0v) is 15.0. The van der Waals surface area contributed by atoms with Crippen LogP contribution in [0.1, 0.15) is 51.0 Å². The molecule has 0 fully saturated rings. The summed E-state index contributed by atoms with van der Waals surface area (Å²) in [5.74, 6) is -0.225. The van der Waals surface area contributed by atoms with Crippen molar-refractivity contribution in [2.75, 3.05) is 25.6 Å².